The Balaban J connectivity index is 3.18. The lowest BCUT2D eigenvalue weighted by Gasteiger charge is -2.11. The molecule has 0 bridgehead atoms. The van der Waals surface area contributed by atoms with E-state index in [9.17, 15) is 0 Å². The van der Waals surface area contributed by atoms with Gasteiger partial charge in [-0.1, -0.05) is 201 Å². The molecule has 0 aliphatic rings. The quantitative estimate of drug-likeness (QED) is 0.101. The van der Waals surface area contributed by atoms with Gasteiger partial charge in [0.1, 0.15) is 0 Å². The van der Waals surface area contributed by atoms with Crippen LogP contribution >= 0.6 is 0 Å². The normalized spacial score (nSPS) is 13.5. The molecule has 33 heavy (non-hydrogen) atoms. The summed E-state index contributed by atoms with van der Waals surface area (Å²) in [6, 6.07) is 0. The molecular formula is C33H68. The molecule has 0 heteroatoms. The minimum atomic E-state index is 0.964. The van der Waals surface area contributed by atoms with Crippen LogP contribution in [0.2, 0.25) is 0 Å². The van der Waals surface area contributed by atoms with Crippen molar-refractivity contribution in [1.29, 1.82) is 0 Å². The second-order valence-electron chi connectivity index (χ2n) is 11.8. The Morgan fingerprint density at radius 1 is 0.273 bits per heavy atom. The largest absolute Gasteiger partial charge is 0.0654 e. The Morgan fingerprint density at radius 3 is 0.758 bits per heavy atom. The van der Waals surface area contributed by atoms with Crippen molar-refractivity contribution in [3.63, 3.8) is 0 Å². The van der Waals surface area contributed by atoms with Crippen LogP contribution in [0.1, 0.15) is 201 Å². The summed E-state index contributed by atoms with van der Waals surface area (Å²) in [5.41, 5.74) is 0. The van der Waals surface area contributed by atoms with Crippen LogP contribution in [0.3, 0.4) is 0 Å². The zero-order valence-electron chi connectivity index (χ0n) is 24.2. The molecule has 0 amide bonds. The topological polar surface area (TPSA) is 0 Å². The van der Waals surface area contributed by atoms with Gasteiger partial charge in [0.2, 0.25) is 0 Å². The second-order valence-corrected chi connectivity index (χ2v) is 11.8. The summed E-state index contributed by atoms with van der Waals surface area (Å²) in [5.74, 6) is 1.93. The first-order valence-electron chi connectivity index (χ1n) is 16.2. The molecule has 0 aliphatic heterocycles. The molecule has 0 radical (unpaired) electrons. The van der Waals surface area contributed by atoms with Crippen LogP contribution in [0.4, 0.5) is 0 Å². The van der Waals surface area contributed by atoms with Crippen molar-refractivity contribution in [2.24, 2.45) is 11.8 Å². The maximum atomic E-state index is 2.50. The van der Waals surface area contributed by atoms with Gasteiger partial charge < -0.3 is 0 Å². The van der Waals surface area contributed by atoms with E-state index in [2.05, 4.69) is 27.7 Å². The van der Waals surface area contributed by atoms with E-state index in [4.69, 9.17) is 0 Å². The smallest absolute Gasteiger partial charge is 0.0443 e. The Kier molecular flexibility index (Phi) is 28.2. The first kappa shape index (κ1) is 33.0. The van der Waals surface area contributed by atoms with Crippen molar-refractivity contribution in [3.8, 4) is 0 Å². The average molecular weight is 465 g/mol. The Labute approximate surface area is 212 Å². The maximum Gasteiger partial charge on any atom is -0.0443 e. The van der Waals surface area contributed by atoms with E-state index in [1.807, 2.05) is 0 Å². The molecule has 0 saturated carbocycles. The molecular weight excluding hydrogens is 396 g/mol. The molecule has 200 valence electrons. The Bertz CT molecular complexity index is 333. The second kappa shape index (κ2) is 28.2. The van der Waals surface area contributed by atoms with Gasteiger partial charge in [0.15, 0.2) is 0 Å². The average Bonchev–Trinajstić information content (AvgIpc) is 2.81. The third-order valence-electron chi connectivity index (χ3n) is 7.99. The molecule has 0 rings (SSSR count). The molecule has 0 N–H and O–H groups in total. The zero-order valence-corrected chi connectivity index (χ0v) is 24.2. The van der Waals surface area contributed by atoms with E-state index in [0.717, 1.165) is 11.8 Å². The lowest BCUT2D eigenvalue weighted by molar-refractivity contribution is 0.426. The van der Waals surface area contributed by atoms with Gasteiger partial charge in [-0.2, -0.15) is 0 Å². The van der Waals surface area contributed by atoms with E-state index in [1.54, 1.807) is 0 Å². The van der Waals surface area contributed by atoms with Crippen molar-refractivity contribution in [2.45, 2.75) is 201 Å². The van der Waals surface area contributed by atoms with Crippen LogP contribution in [0.25, 0.3) is 0 Å². The number of hydrogen-bond donors (Lipinski definition) is 0. The SMILES string of the molecule is CCCCCCCCCCCCCCCC(C)CCCCCCCCCCC(C)CCCC. The van der Waals surface area contributed by atoms with Crippen molar-refractivity contribution >= 4 is 0 Å². The predicted molar refractivity (Wildman–Crippen MR) is 154 cm³/mol. The monoisotopic (exact) mass is 465 g/mol. The van der Waals surface area contributed by atoms with E-state index in [1.165, 1.54) is 173 Å². The summed E-state index contributed by atoms with van der Waals surface area (Å²) >= 11 is 0. The number of hydrogen-bond acceptors (Lipinski definition) is 0. The Hall–Kier alpha value is 0. The van der Waals surface area contributed by atoms with Gasteiger partial charge in [-0.05, 0) is 11.8 Å². The third kappa shape index (κ3) is 28.1. The summed E-state index contributed by atoms with van der Waals surface area (Å²) in [5, 5.41) is 0. The molecule has 0 saturated heterocycles. The van der Waals surface area contributed by atoms with Gasteiger partial charge in [-0.25, -0.2) is 0 Å². The Morgan fingerprint density at radius 2 is 0.485 bits per heavy atom. The highest BCUT2D eigenvalue weighted by atomic mass is 14.1. The van der Waals surface area contributed by atoms with Crippen LogP contribution in [-0.4, -0.2) is 0 Å². The number of rotatable bonds is 28. The molecule has 2 atom stereocenters. The van der Waals surface area contributed by atoms with Crippen molar-refractivity contribution in [3.05, 3.63) is 0 Å². The maximum absolute atomic E-state index is 2.50. The standard InChI is InChI=1S/C33H68/c1-5-7-9-10-11-12-13-14-15-16-19-23-26-30-33(4)31-27-24-21-18-17-20-22-25-29-32(3)28-8-6-2/h32-33H,5-31H2,1-4H3. The first-order valence-corrected chi connectivity index (χ1v) is 16.2. The molecule has 0 spiro atoms. The van der Waals surface area contributed by atoms with Gasteiger partial charge >= 0.3 is 0 Å². The fraction of sp³-hybridized carbons (Fsp3) is 1.00. The fourth-order valence-electron chi connectivity index (χ4n) is 5.40. The summed E-state index contributed by atoms with van der Waals surface area (Å²) in [7, 11) is 0. The fourth-order valence-corrected chi connectivity index (χ4v) is 5.40. The summed E-state index contributed by atoms with van der Waals surface area (Å²) < 4.78 is 0. The van der Waals surface area contributed by atoms with E-state index >= 15 is 0 Å². The molecule has 0 aromatic carbocycles. The van der Waals surface area contributed by atoms with E-state index in [0.29, 0.717) is 0 Å². The molecule has 0 nitrogen and oxygen atoms in total. The molecule has 0 heterocycles. The minimum Gasteiger partial charge on any atom is -0.0654 e. The van der Waals surface area contributed by atoms with Crippen molar-refractivity contribution in [2.75, 3.05) is 0 Å². The van der Waals surface area contributed by atoms with Crippen molar-refractivity contribution < 1.29 is 0 Å². The molecule has 0 fully saturated rings. The molecule has 0 aromatic heterocycles. The lowest BCUT2D eigenvalue weighted by Crippen LogP contribution is -1.95. The lowest BCUT2D eigenvalue weighted by atomic mass is 9.95. The van der Waals surface area contributed by atoms with Crippen LogP contribution in [-0.2, 0) is 0 Å². The highest BCUT2D eigenvalue weighted by Crippen LogP contribution is 2.20. The van der Waals surface area contributed by atoms with Gasteiger partial charge in [0.25, 0.3) is 0 Å². The molecule has 0 aliphatic carbocycles. The summed E-state index contributed by atoms with van der Waals surface area (Å²) in [6.45, 7) is 9.58. The zero-order chi connectivity index (χ0) is 24.2. The van der Waals surface area contributed by atoms with Crippen molar-refractivity contribution in [1.82, 2.24) is 0 Å². The predicted octanol–water partition coefficient (Wildman–Crippen LogP) is 12.8. The van der Waals surface area contributed by atoms with E-state index in [-0.39, 0.29) is 0 Å². The molecule has 2 unspecified atom stereocenters. The summed E-state index contributed by atoms with van der Waals surface area (Å²) in [4.78, 5) is 0. The highest BCUT2D eigenvalue weighted by Gasteiger charge is 2.03. The van der Waals surface area contributed by atoms with Gasteiger partial charge in [0, 0.05) is 0 Å². The number of unbranched alkanes of at least 4 members (excludes halogenated alkanes) is 20. The van der Waals surface area contributed by atoms with Gasteiger partial charge in [-0.3, -0.25) is 0 Å². The van der Waals surface area contributed by atoms with Crippen LogP contribution in [0.5, 0.6) is 0 Å². The first-order chi connectivity index (χ1) is 16.2. The summed E-state index contributed by atoms with van der Waals surface area (Å²) in [6.07, 6.45) is 39.7. The van der Waals surface area contributed by atoms with Gasteiger partial charge in [-0.15, -0.1) is 0 Å². The van der Waals surface area contributed by atoms with E-state index < -0.39 is 0 Å². The molecule has 0 aromatic rings. The third-order valence-corrected chi connectivity index (χ3v) is 7.99. The van der Waals surface area contributed by atoms with Crippen LogP contribution in [0.15, 0.2) is 0 Å². The minimum absolute atomic E-state index is 0.964. The van der Waals surface area contributed by atoms with Gasteiger partial charge in [0.05, 0.1) is 0 Å². The van der Waals surface area contributed by atoms with Crippen LogP contribution in [0, 0.1) is 11.8 Å². The highest BCUT2D eigenvalue weighted by molar-refractivity contribution is 4.57. The van der Waals surface area contributed by atoms with Crippen LogP contribution < -0.4 is 0 Å².